The average Bonchev–Trinajstić information content (AvgIpc) is 2.83. The van der Waals surface area contributed by atoms with Crippen molar-refractivity contribution in [1.29, 1.82) is 0 Å². The van der Waals surface area contributed by atoms with Gasteiger partial charge in [0.1, 0.15) is 11.9 Å². The summed E-state index contributed by atoms with van der Waals surface area (Å²) in [5.41, 5.74) is 2.68. The van der Waals surface area contributed by atoms with Gasteiger partial charge in [0.2, 0.25) is 0 Å². The van der Waals surface area contributed by atoms with Gasteiger partial charge >= 0.3 is 0 Å². The lowest BCUT2D eigenvalue weighted by Crippen LogP contribution is -2.32. The van der Waals surface area contributed by atoms with Gasteiger partial charge in [-0.05, 0) is 41.0 Å². The number of rotatable bonds is 6. The fourth-order valence-corrected chi connectivity index (χ4v) is 3.49. The Hall–Kier alpha value is -3.83. The summed E-state index contributed by atoms with van der Waals surface area (Å²) in [5.74, 6) is -0.970. The molecule has 1 heterocycles. The number of carbonyl (C=O) groups excluding carboxylic acids is 1. The van der Waals surface area contributed by atoms with E-state index in [0.29, 0.717) is 16.7 Å². The SMILES string of the molecule is O=C(N[C@@H](c1ccccc1)[C@@H](O)c1ccccc1)c1ccc(-c2ccncc2)c(F)c1. The van der Waals surface area contributed by atoms with E-state index >= 15 is 0 Å². The zero-order chi connectivity index (χ0) is 21.6. The van der Waals surface area contributed by atoms with E-state index < -0.39 is 23.9 Å². The first-order chi connectivity index (χ1) is 15.1. The van der Waals surface area contributed by atoms with Crippen LogP contribution in [0.5, 0.6) is 0 Å². The number of nitrogens with one attached hydrogen (secondary N) is 1. The lowest BCUT2D eigenvalue weighted by atomic mass is 9.95. The molecule has 5 heteroatoms. The summed E-state index contributed by atoms with van der Waals surface area (Å²) < 4.78 is 14.7. The molecule has 1 aromatic heterocycles. The number of pyridine rings is 1. The van der Waals surface area contributed by atoms with Gasteiger partial charge in [-0.1, -0.05) is 66.7 Å². The molecule has 4 rings (SSSR count). The molecular weight excluding hydrogens is 391 g/mol. The average molecular weight is 412 g/mol. The summed E-state index contributed by atoms with van der Waals surface area (Å²) >= 11 is 0. The Morgan fingerprint density at radius 3 is 2.06 bits per heavy atom. The molecule has 0 aliphatic carbocycles. The van der Waals surface area contributed by atoms with E-state index in [1.807, 2.05) is 48.5 Å². The van der Waals surface area contributed by atoms with Crippen LogP contribution in [-0.4, -0.2) is 16.0 Å². The van der Waals surface area contributed by atoms with Crippen molar-refractivity contribution in [1.82, 2.24) is 10.3 Å². The Labute approximate surface area is 180 Å². The van der Waals surface area contributed by atoms with Crippen molar-refractivity contribution in [3.8, 4) is 11.1 Å². The molecule has 0 aliphatic rings. The monoisotopic (exact) mass is 412 g/mol. The summed E-state index contributed by atoms with van der Waals surface area (Å²) in [6, 6.07) is 25.4. The van der Waals surface area contributed by atoms with Crippen LogP contribution in [0.4, 0.5) is 4.39 Å². The normalized spacial score (nSPS) is 12.7. The lowest BCUT2D eigenvalue weighted by Gasteiger charge is -2.25. The first kappa shape index (κ1) is 20.4. The highest BCUT2D eigenvalue weighted by Crippen LogP contribution is 2.29. The van der Waals surface area contributed by atoms with Crippen molar-refractivity contribution < 1.29 is 14.3 Å². The van der Waals surface area contributed by atoms with E-state index in [1.54, 1.807) is 48.8 Å². The summed E-state index contributed by atoms with van der Waals surface area (Å²) in [6.45, 7) is 0. The van der Waals surface area contributed by atoms with Crippen LogP contribution in [0.15, 0.2) is 103 Å². The molecule has 2 N–H and O–H groups in total. The van der Waals surface area contributed by atoms with Crippen LogP contribution in [0, 0.1) is 5.82 Å². The number of aliphatic hydroxyl groups excluding tert-OH is 1. The minimum atomic E-state index is -0.964. The molecule has 0 radical (unpaired) electrons. The summed E-state index contributed by atoms with van der Waals surface area (Å²) in [5, 5.41) is 13.9. The van der Waals surface area contributed by atoms with Crippen LogP contribution >= 0.6 is 0 Å². The zero-order valence-electron chi connectivity index (χ0n) is 16.7. The molecule has 4 nitrogen and oxygen atoms in total. The summed E-state index contributed by atoms with van der Waals surface area (Å²) in [6.07, 6.45) is 2.21. The number of hydrogen-bond donors (Lipinski definition) is 2. The third-order valence-electron chi connectivity index (χ3n) is 5.12. The number of halogens is 1. The minimum absolute atomic E-state index is 0.177. The van der Waals surface area contributed by atoms with Crippen molar-refractivity contribution in [2.75, 3.05) is 0 Å². The van der Waals surface area contributed by atoms with E-state index in [4.69, 9.17) is 0 Å². The van der Waals surface area contributed by atoms with E-state index in [0.717, 1.165) is 5.56 Å². The Balaban J connectivity index is 1.61. The first-order valence-corrected chi connectivity index (χ1v) is 9.92. The van der Waals surface area contributed by atoms with Crippen molar-refractivity contribution in [2.45, 2.75) is 12.1 Å². The number of hydrogen-bond acceptors (Lipinski definition) is 3. The number of nitrogens with zero attached hydrogens (tertiary/aromatic N) is 1. The second-order valence-electron chi connectivity index (χ2n) is 7.15. The van der Waals surface area contributed by atoms with Crippen molar-refractivity contribution in [3.05, 3.63) is 126 Å². The third kappa shape index (κ3) is 4.68. The molecule has 0 unspecified atom stereocenters. The maximum Gasteiger partial charge on any atom is 0.251 e. The van der Waals surface area contributed by atoms with E-state index in [2.05, 4.69) is 10.3 Å². The summed E-state index contributed by atoms with van der Waals surface area (Å²) in [7, 11) is 0. The number of aliphatic hydroxyl groups is 1. The predicted molar refractivity (Wildman–Crippen MR) is 118 cm³/mol. The van der Waals surface area contributed by atoms with Gasteiger partial charge in [-0.15, -0.1) is 0 Å². The molecule has 2 atom stereocenters. The maximum atomic E-state index is 14.7. The fraction of sp³-hybridized carbons (Fsp3) is 0.0769. The number of carbonyl (C=O) groups is 1. The topological polar surface area (TPSA) is 62.2 Å². The Kier molecular flexibility index (Phi) is 6.15. The van der Waals surface area contributed by atoms with E-state index in [1.165, 1.54) is 6.07 Å². The van der Waals surface area contributed by atoms with Gasteiger partial charge in [-0.2, -0.15) is 0 Å². The standard InChI is InChI=1S/C26H21FN2O2/c27-23-17-21(11-12-22(23)18-13-15-28-16-14-18)26(31)29-24(19-7-3-1-4-8-19)25(30)20-9-5-2-6-10-20/h1-17,24-25,30H,(H,29,31)/t24-,25-/m0/s1. The molecule has 154 valence electrons. The highest BCUT2D eigenvalue weighted by atomic mass is 19.1. The van der Waals surface area contributed by atoms with Crippen molar-refractivity contribution in [2.24, 2.45) is 0 Å². The summed E-state index contributed by atoms with van der Waals surface area (Å²) in [4.78, 5) is 16.9. The molecule has 0 fully saturated rings. The van der Waals surface area contributed by atoms with Crippen LogP contribution in [-0.2, 0) is 0 Å². The van der Waals surface area contributed by atoms with Crippen LogP contribution in [0.2, 0.25) is 0 Å². The second-order valence-corrected chi connectivity index (χ2v) is 7.15. The van der Waals surface area contributed by atoms with Crippen LogP contribution < -0.4 is 5.32 Å². The molecule has 0 spiro atoms. The van der Waals surface area contributed by atoms with Gasteiger partial charge in [0, 0.05) is 23.5 Å². The van der Waals surface area contributed by atoms with Gasteiger partial charge in [-0.25, -0.2) is 4.39 Å². The molecular formula is C26H21FN2O2. The maximum absolute atomic E-state index is 14.7. The predicted octanol–water partition coefficient (Wildman–Crippen LogP) is 5.09. The number of amides is 1. The first-order valence-electron chi connectivity index (χ1n) is 9.92. The lowest BCUT2D eigenvalue weighted by molar-refractivity contribution is 0.0831. The van der Waals surface area contributed by atoms with Gasteiger partial charge in [0.25, 0.3) is 5.91 Å². The van der Waals surface area contributed by atoms with Crippen LogP contribution in [0.25, 0.3) is 11.1 Å². The Morgan fingerprint density at radius 1 is 0.839 bits per heavy atom. The molecule has 0 aliphatic heterocycles. The highest BCUT2D eigenvalue weighted by molar-refractivity contribution is 5.95. The molecule has 4 aromatic rings. The molecule has 1 amide bonds. The Bertz CT molecular complexity index is 1150. The molecule has 31 heavy (non-hydrogen) atoms. The van der Waals surface area contributed by atoms with Crippen molar-refractivity contribution in [3.63, 3.8) is 0 Å². The van der Waals surface area contributed by atoms with Gasteiger partial charge in [0.15, 0.2) is 0 Å². The number of benzene rings is 3. The molecule has 3 aromatic carbocycles. The fourth-order valence-electron chi connectivity index (χ4n) is 3.49. The van der Waals surface area contributed by atoms with Crippen molar-refractivity contribution >= 4 is 5.91 Å². The Morgan fingerprint density at radius 2 is 1.45 bits per heavy atom. The molecule has 0 bridgehead atoms. The van der Waals surface area contributed by atoms with Crippen LogP contribution in [0.1, 0.15) is 33.6 Å². The van der Waals surface area contributed by atoms with E-state index in [-0.39, 0.29) is 5.56 Å². The smallest absolute Gasteiger partial charge is 0.251 e. The minimum Gasteiger partial charge on any atom is -0.386 e. The highest BCUT2D eigenvalue weighted by Gasteiger charge is 2.25. The van der Waals surface area contributed by atoms with Crippen LogP contribution in [0.3, 0.4) is 0 Å². The second kappa shape index (κ2) is 9.32. The zero-order valence-corrected chi connectivity index (χ0v) is 16.7. The van der Waals surface area contributed by atoms with E-state index in [9.17, 15) is 14.3 Å². The van der Waals surface area contributed by atoms with Gasteiger partial charge < -0.3 is 10.4 Å². The largest absolute Gasteiger partial charge is 0.386 e. The number of aromatic nitrogens is 1. The van der Waals surface area contributed by atoms with Gasteiger partial charge in [-0.3, -0.25) is 9.78 Å². The quantitative estimate of drug-likeness (QED) is 0.464. The third-order valence-corrected chi connectivity index (χ3v) is 5.12. The molecule has 0 saturated carbocycles. The van der Waals surface area contributed by atoms with Gasteiger partial charge in [0.05, 0.1) is 6.04 Å². The molecule has 0 saturated heterocycles.